The lowest BCUT2D eigenvalue weighted by molar-refractivity contribution is -0.0473. The molecule has 0 saturated carbocycles. The van der Waals surface area contributed by atoms with Gasteiger partial charge in [-0.3, -0.25) is 5.21 Å². The van der Waals surface area contributed by atoms with Crippen LogP contribution in [0.1, 0.15) is 5.56 Å². The van der Waals surface area contributed by atoms with Gasteiger partial charge in [0, 0.05) is 24.6 Å². The van der Waals surface area contributed by atoms with Crippen LogP contribution in [-0.2, 0) is 11.3 Å². The molecule has 1 N–H and O–H groups in total. The van der Waals surface area contributed by atoms with Crippen molar-refractivity contribution in [3.63, 3.8) is 0 Å². The van der Waals surface area contributed by atoms with Crippen molar-refractivity contribution in [2.24, 2.45) is 0 Å². The predicted octanol–water partition coefficient (Wildman–Crippen LogP) is 3.14. The fraction of sp³-hybridized carbons (Fsp3) is 0.143. The van der Waals surface area contributed by atoms with E-state index >= 15 is 0 Å². The minimum atomic E-state index is 0. The third-order valence-corrected chi connectivity index (χ3v) is 3.82. The first kappa shape index (κ1) is 14.0. The first-order chi connectivity index (χ1) is 8.83. The zero-order valence-electron chi connectivity index (χ0n) is 10.3. The molecular weight excluding hydrogens is 257 g/mol. The van der Waals surface area contributed by atoms with Crippen molar-refractivity contribution >= 4 is 25.9 Å². The van der Waals surface area contributed by atoms with Gasteiger partial charge in [-0.15, -0.1) is 5.23 Å². The van der Waals surface area contributed by atoms with E-state index in [-0.39, 0.29) is 8.41 Å². The summed E-state index contributed by atoms with van der Waals surface area (Å²) in [5.41, 5.74) is 1.85. The first-order valence-electron chi connectivity index (χ1n) is 5.81. The van der Waals surface area contributed by atoms with Gasteiger partial charge in [-0.2, -0.15) is 0 Å². The molecule has 2 aromatic carbocycles. The summed E-state index contributed by atoms with van der Waals surface area (Å²) in [5, 5.41) is 10.4. The van der Waals surface area contributed by atoms with Gasteiger partial charge in [0.1, 0.15) is 0 Å². The molecule has 0 atom stereocenters. The molecule has 3 radical (unpaired) electrons. The van der Waals surface area contributed by atoms with E-state index in [1.165, 1.54) is 9.79 Å². The van der Waals surface area contributed by atoms with Crippen LogP contribution in [0.15, 0.2) is 58.3 Å². The van der Waals surface area contributed by atoms with Gasteiger partial charge < -0.3 is 0 Å². The average molecular weight is 270 g/mol. The quantitative estimate of drug-likeness (QED) is 0.850. The minimum absolute atomic E-state index is 0. The van der Waals surface area contributed by atoms with Gasteiger partial charge in [-0.25, -0.2) is 4.84 Å². The van der Waals surface area contributed by atoms with Gasteiger partial charge in [0.25, 0.3) is 0 Å². The molecular formula is C14H13BNO2S. The predicted molar refractivity (Wildman–Crippen MR) is 76.7 cm³/mol. The highest BCUT2D eigenvalue weighted by atomic mass is 32.2. The summed E-state index contributed by atoms with van der Waals surface area (Å²) in [6, 6.07) is 16.2. The number of nitrogens with zero attached hydrogens (tertiary/aromatic N) is 1. The van der Waals surface area contributed by atoms with Crippen molar-refractivity contribution in [2.45, 2.75) is 16.2 Å². The van der Waals surface area contributed by atoms with E-state index in [2.05, 4.69) is 18.2 Å². The average Bonchev–Trinajstić information content (AvgIpc) is 2.40. The highest BCUT2D eigenvalue weighted by molar-refractivity contribution is 7.99. The Labute approximate surface area is 118 Å². The van der Waals surface area contributed by atoms with E-state index < -0.39 is 0 Å². The van der Waals surface area contributed by atoms with Crippen molar-refractivity contribution < 1.29 is 10.0 Å². The topological polar surface area (TPSA) is 32.7 Å². The van der Waals surface area contributed by atoms with Gasteiger partial charge in [-0.05, 0) is 35.9 Å². The molecule has 1 heterocycles. The standard InChI is InChI=1S/C14H13NO2S.B/c16-15-14-7-6-13(10-11(14)8-9-17-15)18-12-4-2-1-3-5-12;/h1-7,10,16H,8-9H2;. The van der Waals surface area contributed by atoms with Crippen molar-refractivity contribution in [3.05, 3.63) is 54.1 Å². The fourth-order valence-electron chi connectivity index (χ4n) is 1.95. The molecule has 2 aromatic rings. The maximum Gasteiger partial charge on any atom is 0.0978 e. The number of anilines is 1. The third kappa shape index (κ3) is 3.12. The fourth-order valence-corrected chi connectivity index (χ4v) is 2.85. The highest BCUT2D eigenvalue weighted by Crippen LogP contribution is 2.33. The number of rotatable bonds is 2. The summed E-state index contributed by atoms with van der Waals surface area (Å²) in [6.07, 6.45) is 0.829. The molecule has 0 spiro atoms. The zero-order chi connectivity index (χ0) is 12.4. The maximum absolute atomic E-state index is 9.55. The van der Waals surface area contributed by atoms with Gasteiger partial charge in [-0.1, -0.05) is 30.0 Å². The Bertz CT molecular complexity index is 550. The number of hydrogen-bond acceptors (Lipinski definition) is 4. The molecule has 1 aliphatic heterocycles. The van der Waals surface area contributed by atoms with E-state index in [1.807, 2.05) is 30.3 Å². The molecule has 0 amide bonds. The van der Waals surface area contributed by atoms with E-state index in [0.29, 0.717) is 6.61 Å². The molecule has 1 aliphatic rings. The van der Waals surface area contributed by atoms with Crippen LogP contribution in [-0.4, -0.2) is 20.2 Å². The summed E-state index contributed by atoms with van der Waals surface area (Å²) < 4.78 is 0. The lowest BCUT2D eigenvalue weighted by Crippen LogP contribution is -2.26. The molecule has 3 rings (SSSR count). The van der Waals surface area contributed by atoms with Crippen molar-refractivity contribution in [1.82, 2.24) is 0 Å². The van der Waals surface area contributed by atoms with Crippen LogP contribution in [0.4, 0.5) is 5.69 Å². The smallest absolute Gasteiger partial charge is 0.0978 e. The number of benzene rings is 2. The van der Waals surface area contributed by atoms with Crippen molar-refractivity contribution in [1.29, 1.82) is 0 Å². The van der Waals surface area contributed by atoms with Gasteiger partial charge in [0.15, 0.2) is 0 Å². The summed E-state index contributed by atoms with van der Waals surface area (Å²) >= 11 is 1.72. The van der Waals surface area contributed by atoms with Crippen LogP contribution in [0, 0.1) is 0 Å². The SMILES string of the molecule is ON1OCCc2cc(Sc3ccccc3)ccc21.[B]. The van der Waals surface area contributed by atoms with Crippen molar-refractivity contribution in [2.75, 3.05) is 11.8 Å². The Morgan fingerprint density at radius 3 is 2.63 bits per heavy atom. The molecule has 0 bridgehead atoms. The Hall–Kier alpha value is -1.43. The van der Waals surface area contributed by atoms with Gasteiger partial charge in [0.05, 0.1) is 12.3 Å². The highest BCUT2D eigenvalue weighted by Gasteiger charge is 2.16. The molecule has 95 valence electrons. The zero-order valence-corrected chi connectivity index (χ0v) is 11.1. The van der Waals surface area contributed by atoms with E-state index in [0.717, 1.165) is 22.9 Å². The Morgan fingerprint density at radius 1 is 1.05 bits per heavy atom. The van der Waals surface area contributed by atoms with E-state index in [1.54, 1.807) is 11.8 Å². The van der Waals surface area contributed by atoms with Crippen molar-refractivity contribution in [3.8, 4) is 0 Å². The number of hydrogen-bond donors (Lipinski definition) is 1. The summed E-state index contributed by atoms with van der Waals surface area (Å²) in [5.74, 6) is 0. The number of fused-ring (bicyclic) bond motifs is 1. The first-order valence-corrected chi connectivity index (χ1v) is 6.62. The second-order valence-corrected chi connectivity index (χ2v) is 5.21. The van der Waals surface area contributed by atoms with Crippen LogP contribution in [0.2, 0.25) is 0 Å². The molecule has 19 heavy (non-hydrogen) atoms. The van der Waals surface area contributed by atoms with E-state index in [4.69, 9.17) is 4.84 Å². The van der Waals surface area contributed by atoms with E-state index in [9.17, 15) is 5.21 Å². The van der Waals surface area contributed by atoms with Gasteiger partial charge in [0.2, 0.25) is 0 Å². The maximum atomic E-state index is 9.55. The second kappa shape index (κ2) is 6.15. The molecule has 0 aliphatic carbocycles. The summed E-state index contributed by atoms with van der Waals surface area (Å²) in [4.78, 5) is 7.43. The second-order valence-electron chi connectivity index (χ2n) is 4.06. The molecule has 0 aromatic heterocycles. The molecule has 5 heteroatoms. The summed E-state index contributed by atoms with van der Waals surface area (Å²) in [6.45, 7) is 0.517. The van der Waals surface area contributed by atoms with Crippen LogP contribution in [0.5, 0.6) is 0 Å². The van der Waals surface area contributed by atoms with Crippen LogP contribution < -0.4 is 5.23 Å². The Kier molecular flexibility index (Phi) is 4.53. The Morgan fingerprint density at radius 2 is 1.84 bits per heavy atom. The molecule has 3 nitrogen and oxygen atoms in total. The van der Waals surface area contributed by atoms with Gasteiger partial charge >= 0.3 is 0 Å². The largest absolute Gasteiger partial charge is 0.264 e. The monoisotopic (exact) mass is 270 g/mol. The minimum Gasteiger partial charge on any atom is -0.264 e. The van der Waals surface area contributed by atoms with Crippen LogP contribution in [0.25, 0.3) is 0 Å². The molecule has 0 fully saturated rings. The third-order valence-electron chi connectivity index (χ3n) is 2.82. The lowest BCUT2D eigenvalue weighted by atomic mass is 10.1. The van der Waals surface area contributed by atoms with Crippen LogP contribution in [0.3, 0.4) is 0 Å². The molecule has 0 unspecified atom stereocenters. The normalized spacial score (nSPS) is 13.6. The molecule has 0 saturated heterocycles. The lowest BCUT2D eigenvalue weighted by Gasteiger charge is -2.24. The summed E-state index contributed by atoms with van der Waals surface area (Å²) in [7, 11) is 0. The Balaban J connectivity index is 0.00000133. The van der Waals surface area contributed by atoms with Crippen LogP contribution >= 0.6 is 11.8 Å².